The van der Waals surface area contributed by atoms with Gasteiger partial charge in [-0.15, -0.1) is 0 Å². The number of ether oxygens (including phenoxy) is 1. The van der Waals surface area contributed by atoms with Crippen LogP contribution in [-0.4, -0.2) is 24.8 Å². The van der Waals surface area contributed by atoms with Gasteiger partial charge >= 0.3 is 5.97 Å². The Labute approximate surface area is 67.4 Å². The minimum absolute atomic E-state index is 0.222. The van der Waals surface area contributed by atoms with Gasteiger partial charge in [0.05, 0.1) is 5.92 Å². The third kappa shape index (κ3) is 4.79. The Morgan fingerprint density at radius 1 is 1.55 bits per heavy atom. The number of aliphatic carboxylic acids is 1. The maximum absolute atomic E-state index is 10.5. The summed E-state index contributed by atoms with van der Waals surface area (Å²) in [5.74, 6) is -0.927. The molecular weight excluding hydrogens is 144 g/mol. The maximum atomic E-state index is 10.5. The summed E-state index contributed by atoms with van der Waals surface area (Å²) < 4.78 is 4.81. The molecule has 1 N–H and O–H groups in total. The lowest BCUT2D eigenvalue weighted by Crippen LogP contribution is -2.15. The molecule has 0 rings (SSSR count). The van der Waals surface area contributed by atoms with Crippen LogP contribution in [-0.2, 0) is 9.53 Å². The smallest absolute Gasteiger partial charge is 0.306 e. The topological polar surface area (TPSA) is 46.5 Å². The number of hydrogen-bond acceptors (Lipinski definition) is 2. The lowest BCUT2D eigenvalue weighted by atomic mass is 10.0. The van der Waals surface area contributed by atoms with Gasteiger partial charge in [-0.2, -0.15) is 0 Å². The van der Waals surface area contributed by atoms with E-state index in [0.29, 0.717) is 13.0 Å². The molecule has 66 valence electrons. The Morgan fingerprint density at radius 3 is 2.55 bits per heavy atom. The fourth-order valence-corrected chi connectivity index (χ4v) is 1.000. The van der Waals surface area contributed by atoms with Crippen LogP contribution < -0.4 is 0 Å². The average Bonchev–Trinajstić information content (AvgIpc) is 1.97. The molecule has 0 fully saturated rings. The highest BCUT2D eigenvalue weighted by Crippen LogP contribution is 2.10. The summed E-state index contributed by atoms with van der Waals surface area (Å²) in [5.41, 5.74) is 0. The minimum atomic E-state index is -0.705. The first-order chi connectivity index (χ1) is 5.22. The molecule has 0 aliphatic rings. The molecule has 0 aromatic carbocycles. The molecule has 0 saturated heterocycles. The SMILES string of the molecule is CCCC(CCOC)C(=O)O. The first-order valence-electron chi connectivity index (χ1n) is 3.94. The first kappa shape index (κ1) is 10.4. The van der Waals surface area contributed by atoms with E-state index in [9.17, 15) is 4.79 Å². The Balaban J connectivity index is 3.60. The van der Waals surface area contributed by atoms with Crippen molar-refractivity contribution in [1.82, 2.24) is 0 Å². The van der Waals surface area contributed by atoms with E-state index in [1.54, 1.807) is 7.11 Å². The van der Waals surface area contributed by atoms with Gasteiger partial charge < -0.3 is 9.84 Å². The third-order valence-electron chi connectivity index (χ3n) is 1.66. The van der Waals surface area contributed by atoms with Crippen LogP contribution in [0.1, 0.15) is 26.2 Å². The summed E-state index contributed by atoms with van der Waals surface area (Å²) in [7, 11) is 1.59. The summed E-state index contributed by atoms with van der Waals surface area (Å²) in [6.45, 7) is 2.53. The van der Waals surface area contributed by atoms with Crippen LogP contribution in [0.3, 0.4) is 0 Å². The van der Waals surface area contributed by atoms with Crippen molar-refractivity contribution in [1.29, 1.82) is 0 Å². The van der Waals surface area contributed by atoms with E-state index in [-0.39, 0.29) is 5.92 Å². The predicted molar refractivity (Wildman–Crippen MR) is 42.5 cm³/mol. The fourth-order valence-electron chi connectivity index (χ4n) is 1.000. The molecule has 0 bridgehead atoms. The normalized spacial score (nSPS) is 12.9. The third-order valence-corrected chi connectivity index (χ3v) is 1.66. The Bertz CT molecular complexity index is 112. The summed E-state index contributed by atoms with van der Waals surface area (Å²) in [6.07, 6.45) is 2.29. The van der Waals surface area contributed by atoms with Crippen molar-refractivity contribution < 1.29 is 14.6 Å². The van der Waals surface area contributed by atoms with E-state index >= 15 is 0 Å². The lowest BCUT2D eigenvalue weighted by molar-refractivity contribution is -0.142. The molecule has 0 aromatic rings. The van der Waals surface area contributed by atoms with Gasteiger partial charge in [-0.3, -0.25) is 4.79 Å². The average molecular weight is 160 g/mol. The summed E-state index contributed by atoms with van der Waals surface area (Å²) in [6, 6.07) is 0. The van der Waals surface area contributed by atoms with Crippen molar-refractivity contribution in [2.75, 3.05) is 13.7 Å². The monoisotopic (exact) mass is 160 g/mol. The van der Waals surface area contributed by atoms with Crippen LogP contribution in [0.4, 0.5) is 0 Å². The number of carbonyl (C=O) groups is 1. The number of methoxy groups -OCH3 is 1. The molecule has 0 aliphatic heterocycles. The van der Waals surface area contributed by atoms with Gasteiger partial charge in [-0.1, -0.05) is 13.3 Å². The second-order valence-corrected chi connectivity index (χ2v) is 2.61. The largest absolute Gasteiger partial charge is 0.481 e. The van der Waals surface area contributed by atoms with Gasteiger partial charge in [0.25, 0.3) is 0 Å². The minimum Gasteiger partial charge on any atom is -0.481 e. The number of carboxylic acid groups (broad SMARTS) is 1. The molecular formula is C8H16O3. The van der Waals surface area contributed by atoms with Crippen molar-refractivity contribution in [3.63, 3.8) is 0 Å². The van der Waals surface area contributed by atoms with E-state index in [2.05, 4.69) is 0 Å². The van der Waals surface area contributed by atoms with Gasteiger partial charge in [-0.05, 0) is 12.8 Å². The lowest BCUT2D eigenvalue weighted by Gasteiger charge is -2.09. The molecule has 0 aromatic heterocycles. The van der Waals surface area contributed by atoms with Crippen molar-refractivity contribution in [2.24, 2.45) is 5.92 Å². The van der Waals surface area contributed by atoms with E-state index in [4.69, 9.17) is 9.84 Å². The van der Waals surface area contributed by atoms with Crippen LogP contribution in [0, 0.1) is 5.92 Å². The molecule has 0 amide bonds. The summed E-state index contributed by atoms with van der Waals surface area (Å²) in [5, 5.41) is 8.68. The molecule has 0 radical (unpaired) electrons. The predicted octanol–water partition coefficient (Wildman–Crippen LogP) is 1.52. The summed E-state index contributed by atoms with van der Waals surface area (Å²) in [4.78, 5) is 10.5. The van der Waals surface area contributed by atoms with Crippen LogP contribution in [0.5, 0.6) is 0 Å². The van der Waals surface area contributed by atoms with E-state index in [1.165, 1.54) is 0 Å². The number of rotatable bonds is 6. The zero-order chi connectivity index (χ0) is 8.69. The van der Waals surface area contributed by atoms with Crippen molar-refractivity contribution in [2.45, 2.75) is 26.2 Å². The Morgan fingerprint density at radius 2 is 2.18 bits per heavy atom. The molecule has 0 spiro atoms. The van der Waals surface area contributed by atoms with Gasteiger partial charge in [-0.25, -0.2) is 0 Å². The standard InChI is InChI=1S/C8H16O3/c1-3-4-7(8(9)10)5-6-11-2/h7H,3-6H2,1-2H3,(H,9,10). The molecule has 1 unspecified atom stereocenters. The van der Waals surface area contributed by atoms with Gasteiger partial charge in [0, 0.05) is 13.7 Å². The molecule has 3 nitrogen and oxygen atoms in total. The van der Waals surface area contributed by atoms with Crippen LogP contribution in [0.15, 0.2) is 0 Å². The van der Waals surface area contributed by atoms with Crippen molar-refractivity contribution in [3.05, 3.63) is 0 Å². The van der Waals surface area contributed by atoms with Crippen LogP contribution >= 0.6 is 0 Å². The van der Waals surface area contributed by atoms with Gasteiger partial charge in [0.2, 0.25) is 0 Å². The second kappa shape index (κ2) is 6.16. The zero-order valence-electron chi connectivity index (χ0n) is 7.17. The summed E-state index contributed by atoms with van der Waals surface area (Å²) >= 11 is 0. The van der Waals surface area contributed by atoms with Crippen molar-refractivity contribution in [3.8, 4) is 0 Å². The Hall–Kier alpha value is -0.570. The number of hydrogen-bond donors (Lipinski definition) is 1. The quantitative estimate of drug-likeness (QED) is 0.640. The molecule has 0 aliphatic carbocycles. The molecule has 1 atom stereocenters. The Kier molecular flexibility index (Phi) is 5.84. The van der Waals surface area contributed by atoms with Crippen LogP contribution in [0.2, 0.25) is 0 Å². The molecule has 0 heterocycles. The first-order valence-corrected chi connectivity index (χ1v) is 3.94. The van der Waals surface area contributed by atoms with E-state index < -0.39 is 5.97 Å². The van der Waals surface area contributed by atoms with E-state index in [1.807, 2.05) is 6.92 Å². The second-order valence-electron chi connectivity index (χ2n) is 2.61. The zero-order valence-corrected chi connectivity index (χ0v) is 7.17. The highest BCUT2D eigenvalue weighted by molar-refractivity contribution is 5.69. The highest BCUT2D eigenvalue weighted by Gasteiger charge is 2.14. The highest BCUT2D eigenvalue weighted by atomic mass is 16.5. The molecule has 11 heavy (non-hydrogen) atoms. The fraction of sp³-hybridized carbons (Fsp3) is 0.875. The van der Waals surface area contributed by atoms with Crippen molar-refractivity contribution >= 4 is 5.97 Å². The van der Waals surface area contributed by atoms with Gasteiger partial charge in [0.1, 0.15) is 0 Å². The van der Waals surface area contributed by atoms with Crippen LogP contribution in [0.25, 0.3) is 0 Å². The molecule has 0 saturated carbocycles. The van der Waals surface area contributed by atoms with Gasteiger partial charge in [0.15, 0.2) is 0 Å². The number of carboxylic acids is 1. The maximum Gasteiger partial charge on any atom is 0.306 e. The molecule has 3 heteroatoms. The van der Waals surface area contributed by atoms with E-state index in [0.717, 1.165) is 12.8 Å².